The van der Waals surface area contributed by atoms with Crippen molar-refractivity contribution in [3.8, 4) is 0 Å². The van der Waals surface area contributed by atoms with Crippen LogP contribution in [-0.4, -0.2) is 17.0 Å². The molecule has 1 saturated heterocycles. The maximum atomic E-state index is 2.76. The van der Waals surface area contributed by atoms with E-state index in [0.29, 0.717) is 5.92 Å². The topological polar surface area (TPSA) is 3.24 Å². The second kappa shape index (κ2) is 6.43. The van der Waals surface area contributed by atoms with Crippen LogP contribution in [0.4, 0.5) is 0 Å². The molecule has 0 saturated carbocycles. The molecule has 2 unspecified atom stereocenters. The molecule has 2 atom stereocenters. The second-order valence-corrected chi connectivity index (χ2v) is 8.51. The highest BCUT2D eigenvalue weighted by Crippen LogP contribution is 2.48. The molecule has 1 nitrogen and oxygen atoms in total. The Labute approximate surface area is 148 Å². The van der Waals surface area contributed by atoms with Gasteiger partial charge in [-0.15, -0.1) is 0 Å². The Morgan fingerprint density at radius 1 is 1.08 bits per heavy atom. The predicted octanol–water partition coefficient (Wildman–Crippen LogP) is 6.08. The molecule has 0 spiro atoms. The first-order valence-electron chi connectivity index (χ1n) is 9.64. The largest absolute Gasteiger partial charge is 0.368 e. The molecular formula is C23H33N. The number of hydrogen-bond acceptors (Lipinski definition) is 1. The van der Waals surface area contributed by atoms with Crippen LogP contribution >= 0.6 is 0 Å². The van der Waals surface area contributed by atoms with Crippen molar-refractivity contribution in [3.63, 3.8) is 0 Å². The molecule has 1 heterocycles. The van der Waals surface area contributed by atoms with Gasteiger partial charge in [0.2, 0.25) is 0 Å². The number of allylic oxidation sites excluding steroid dienone is 4. The van der Waals surface area contributed by atoms with Gasteiger partial charge in [-0.25, -0.2) is 0 Å². The molecule has 0 amide bonds. The van der Waals surface area contributed by atoms with E-state index in [2.05, 4.69) is 82.0 Å². The van der Waals surface area contributed by atoms with Gasteiger partial charge in [0, 0.05) is 29.1 Å². The highest BCUT2D eigenvalue weighted by Gasteiger charge is 2.48. The van der Waals surface area contributed by atoms with Gasteiger partial charge >= 0.3 is 0 Å². The van der Waals surface area contributed by atoms with Gasteiger partial charge in [0.1, 0.15) is 0 Å². The van der Waals surface area contributed by atoms with Crippen LogP contribution in [0, 0.1) is 5.92 Å². The van der Waals surface area contributed by atoms with Gasteiger partial charge in [-0.1, -0.05) is 63.3 Å². The number of likely N-dealkylation sites (tertiary alicyclic amines) is 1. The Morgan fingerprint density at radius 3 is 2.42 bits per heavy atom. The zero-order valence-electron chi connectivity index (χ0n) is 16.1. The van der Waals surface area contributed by atoms with Crippen molar-refractivity contribution >= 4 is 0 Å². The van der Waals surface area contributed by atoms with E-state index in [4.69, 9.17) is 0 Å². The third-order valence-corrected chi connectivity index (χ3v) is 6.15. The van der Waals surface area contributed by atoms with E-state index in [0.717, 1.165) is 13.0 Å². The monoisotopic (exact) mass is 323 g/mol. The Balaban J connectivity index is 2.02. The molecule has 1 aliphatic heterocycles. The van der Waals surface area contributed by atoms with Gasteiger partial charge in [0.15, 0.2) is 0 Å². The normalized spacial score (nSPS) is 29.4. The summed E-state index contributed by atoms with van der Waals surface area (Å²) in [6.45, 7) is 13.1. The summed E-state index contributed by atoms with van der Waals surface area (Å²) in [5.74, 6) is 0.683. The fourth-order valence-corrected chi connectivity index (χ4v) is 5.00. The Kier molecular flexibility index (Phi) is 4.64. The van der Waals surface area contributed by atoms with Crippen molar-refractivity contribution in [2.45, 2.75) is 71.3 Å². The van der Waals surface area contributed by atoms with Gasteiger partial charge in [0.05, 0.1) is 0 Å². The van der Waals surface area contributed by atoms with Crippen LogP contribution in [0.25, 0.3) is 0 Å². The average Bonchev–Trinajstić information content (AvgIpc) is 2.84. The summed E-state index contributed by atoms with van der Waals surface area (Å²) < 4.78 is 0. The van der Waals surface area contributed by atoms with E-state index in [1.165, 1.54) is 24.8 Å². The van der Waals surface area contributed by atoms with Gasteiger partial charge in [-0.05, 0) is 50.7 Å². The van der Waals surface area contributed by atoms with E-state index in [1.807, 2.05) is 0 Å². The van der Waals surface area contributed by atoms with Gasteiger partial charge in [-0.2, -0.15) is 0 Å². The van der Waals surface area contributed by atoms with Gasteiger partial charge < -0.3 is 4.90 Å². The van der Waals surface area contributed by atoms with Crippen molar-refractivity contribution in [2.75, 3.05) is 6.54 Å². The number of hydrogen-bond donors (Lipinski definition) is 0. The summed E-state index contributed by atoms with van der Waals surface area (Å²) in [7, 11) is 0. The van der Waals surface area contributed by atoms with Crippen LogP contribution in [-0.2, 0) is 5.41 Å². The minimum atomic E-state index is 0.207. The van der Waals surface area contributed by atoms with E-state index in [9.17, 15) is 0 Å². The lowest BCUT2D eigenvalue weighted by atomic mass is 9.78. The number of rotatable bonds is 4. The number of nitrogens with zero attached hydrogens (tertiary/aromatic N) is 1. The number of benzene rings is 1. The Morgan fingerprint density at radius 2 is 1.79 bits per heavy atom. The third kappa shape index (κ3) is 2.94. The lowest BCUT2D eigenvalue weighted by Crippen LogP contribution is -2.40. The fraction of sp³-hybridized carbons (Fsp3) is 0.565. The van der Waals surface area contributed by atoms with Crippen LogP contribution in [0.1, 0.15) is 65.9 Å². The van der Waals surface area contributed by atoms with E-state index in [-0.39, 0.29) is 11.0 Å². The van der Waals surface area contributed by atoms with Crippen molar-refractivity contribution in [1.29, 1.82) is 0 Å². The molecule has 0 radical (unpaired) electrons. The molecule has 24 heavy (non-hydrogen) atoms. The lowest BCUT2D eigenvalue weighted by Gasteiger charge is -2.41. The molecule has 1 fully saturated rings. The van der Waals surface area contributed by atoms with E-state index >= 15 is 0 Å². The van der Waals surface area contributed by atoms with Crippen molar-refractivity contribution in [2.24, 2.45) is 5.92 Å². The van der Waals surface area contributed by atoms with E-state index < -0.39 is 0 Å². The summed E-state index contributed by atoms with van der Waals surface area (Å²) in [5.41, 5.74) is 5.11. The lowest BCUT2D eigenvalue weighted by molar-refractivity contribution is 0.197. The van der Waals surface area contributed by atoms with Crippen LogP contribution < -0.4 is 0 Å². The fourth-order valence-electron chi connectivity index (χ4n) is 5.00. The van der Waals surface area contributed by atoms with Crippen molar-refractivity contribution in [1.82, 2.24) is 4.90 Å². The minimum absolute atomic E-state index is 0.207. The molecule has 1 aliphatic carbocycles. The zero-order valence-corrected chi connectivity index (χ0v) is 16.1. The average molecular weight is 324 g/mol. The predicted molar refractivity (Wildman–Crippen MR) is 104 cm³/mol. The molecule has 0 bridgehead atoms. The summed E-state index contributed by atoms with van der Waals surface area (Å²) in [5, 5.41) is 0. The standard InChI is InChI=1S/C23H33N/c1-6-18-12-11-13-19(7-2)21(18)24-17-23(5,16-22(24,3)4)20-14-9-8-10-15-20/h8-12,14-15,19H,6-7,13,16-17H2,1-5H3. The van der Waals surface area contributed by atoms with Crippen LogP contribution in [0.15, 0.2) is 53.8 Å². The minimum Gasteiger partial charge on any atom is -0.368 e. The molecule has 0 N–H and O–H groups in total. The summed E-state index contributed by atoms with van der Waals surface area (Å²) in [6, 6.07) is 11.1. The van der Waals surface area contributed by atoms with Crippen molar-refractivity contribution in [3.05, 3.63) is 59.3 Å². The summed E-state index contributed by atoms with van der Waals surface area (Å²) in [6.07, 6.45) is 9.55. The maximum Gasteiger partial charge on any atom is 0.0352 e. The smallest absolute Gasteiger partial charge is 0.0352 e. The summed E-state index contributed by atoms with van der Waals surface area (Å²) >= 11 is 0. The summed E-state index contributed by atoms with van der Waals surface area (Å²) in [4.78, 5) is 2.76. The SMILES string of the molecule is CCC1=C(N2CC(C)(c3ccccc3)CC2(C)C)C(CC)CC=C1. The first-order valence-corrected chi connectivity index (χ1v) is 9.64. The molecule has 0 aromatic heterocycles. The Hall–Kier alpha value is -1.50. The van der Waals surface area contributed by atoms with Gasteiger partial charge in [-0.3, -0.25) is 0 Å². The van der Waals surface area contributed by atoms with Crippen molar-refractivity contribution < 1.29 is 0 Å². The van der Waals surface area contributed by atoms with E-state index in [1.54, 1.807) is 11.3 Å². The molecule has 2 aliphatic rings. The maximum absolute atomic E-state index is 2.76. The molecule has 3 rings (SSSR count). The third-order valence-electron chi connectivity index (χ3n) is 6.15. The second-order valence-electron chi connectivity index (χ2n) is 8.51. The first kappa shape index (κ1) is 17.3. The van der Waals surface area contributed by atoms with Crippen LogP contribution in [0.5, 0.6) is 0 Å². The van der Waals surface area contributed by atoms with Gasteiger partial charge in [0.25, 0.3) is 0 Å². The highest BCUT2D eigenvalue weighted by molar-refractivity contribution is 5.36. The molecule has 1 heteroatoms. The molecular weight excluding hydrogens is 290 g/mol. The molecule has 1 aromatic carbocycles. The quantitative estimate of drug-likeness (QED) is 0.649. The Bertz CT molecular complexity index is 637. The first-order chi connectivity index (χ1) is 11.4. The van der Waals surface area contributed by atoms with Crippen LogP contribution in [0.3, 0.4) is 0 Å². The molecule has 130 valence electrons. The zero-order chi connectivity index (χ0) is 17.4. The highest BCUT2D eigenvalue weighted by atomic mass is 15.2. The molecule has 1 aromatic rings. The van der Waals surface area contributed by atoms with Crippen LogP contribution in [0.2, 0.25) is 0 Å².